The zero-order chi connectivity index (χ0) is 14.6. The van der Waals surface area contributed by atoms with Gasteiger partial charge < -0.3 is 10.6 Å². The van der Waals surface area contributed by atoms with E-state index in [-0.39, 0.29) is 17.4 Å². The van der Waals surface area contributed by atoms with Gasteiger partial charge in [-0.25, -0.2) is 0 Å². The minimum absolute atomic E-state index is 0.0886. The van der Waals surface area contributed by atoms with Crippen LogP contribution in [-0.2, 0) is 11.2 Å². The molecule has 0 bridgehead atoms. The zero-order valence-electron chi connectivity index (χ0n) is 12.8. The van der Waals surface area contributed by atoms with Crippen LogP contribution in [0, 0.1) is 5.41 Å². The Morgan fingerprint density at radius 1 is 1.35 bits per heavy atom. The molecule has 1 atom stereocenters. The Morgan fingerprint density at radius 3 is 2.85 bits per heavy atom. The first-order valence-corrected chi connectivity index (χ1v) is 7.62. The molecule has 0 heterocycles. The lowest BCUT2D eigenvalue weighted by Gasteiger charge is -2.40. The van der Waals surface area contributed by atoms with Crippen LogP contribution in [0.4, 0.5) is 0 Å². The van der Waals surface area contributed by atoms with Crippen molar-refractivity contribution in [3.8, 4) is 0 Å². The smallest absolute Gasteiger partial charge is 0.233 e. The van der Waals surface area contributed by atoms with E-state index in [0.29, 0.717) is 6.54 Å². The highest BCUT2D eigenvalue weighted by Gasteiger charge is 2.35. The molecule has 3 nitrogen and oxygen atoms in total. The normalized spacial score (nSPS) is 20.2. The maximum atomic E-state index is 11.8. The minimum atomic E-state index is 0.0886. The van der Waals surface area contributed by atoms with Crippen LogP contribution in [0.5, 0.6) is 0 Å². The first-order chi connectivity index (χ1) is 9.54. The average molecular weight is 274 g/mol. The third-order valence-electron chi connectivity index (χ3n) is 4.23. The molecule has 1 aromatic rings. The lowest BCUT2D eigenvalue weighted by Crippen LogP contribution is -2.43. The topological polar surface area (TPSA) is 41.1 Å². The number of rotatable bonds is 5. The molecule has 20 heavy (non-hydrogen) atoms. The van der Waals surface area contributed by atoms with Gasteiger partial charge in [0.05, 0.1) is 6.54 Å². The standard InChI is InChI=1S/C17H26N2O/c1-4-11-18-15(20)12-19-16-14-8-6-5-7-13(14)9-10-17(16,2)3/h5-8,16,19H,4,9-12H2,1-3H3,(H,18,20). The molecule has 0 saturated carbocycles. The summed E-state index contributed by atoms with van der Waals surface area (Å²) >= 11 is 0. The molecule has 0 radical (unpaired) electrons. The van der Waals surface area contributed by atoms with Gasteiger partial charge in [-0.15, -0.1) is 0 Å². The molecule has 1 unspecified atom stereocenters. The van der Waals surface area contributed by atoms with E-state index in [1.807, 2.05) is 0 Å². The van der Waals surface area contributed by atoms with E-state index in [9.17, 15) is 4.79 Å². The number of benzene rings is 1. The van der Waals surface area contributed by atoms with Crippen molar-refractivity contribution >= 4 is 5.91 Å². The number of carbonyl (C=O) groups is 1. The minimum Gasteiger partial charge on any atom is -0.355 e. The van der Waals surface area contributed by atoms with E-state index in [4.69, 9.17) is 0 Å². The first-order valence-electron chi connectivity index (χ1n) is 7.62. The van der Waals surface area contributed by atoms with Gasteiger partial charge in [0.15, 0.2) is 0 Å². The summed E-state index contributed by atoms with van der Waals surface area (Å²) in [5, 5.41) is 6.39. The molecule has 2 N–H and O–H groups in total. The maximum absolute atomic E-state index is 11.8. The molecule has 2 rings (SSSR count). The molecule has 0 aliphatic heterocycles. The van der Waals surface area contributed by atoms with Crippen LogP contribution >= 0.6 is 0 Å². The molecule has 0 saturated heterocycles. The molecule has 0 spiro atoms. The lowest BCUT2D eigenvalue weighted by molar-refractivity contribution is -0.120. The number of amides is 1. The summed E-state index contributed by atoms with van der Waals surface area (Å²) in [6.07, 6.45) is 3.26. The molecule has 0 aromatic heterocycles. The Labute approximate surface area is 122 Å². The summed E-state index contributed by atoms with van der Waals surface area (Å²) in [4.78, 5) is 11.8. The first kappa shape index (κ1) is 15.0. The predicted octanol–water partition coefficient (Wildman–Crippen LogP) is 2.82. The Kier molecular flexibility index (Phi) is 4.81. The summed E-state index contributed by atoms with van der Waals surface area (Å²) in [5.41, 5.74) is 2.95. The Bertz CT molecular complexity index is 468. The van der Waals surface area contributed by atoms with Gasteiger partial charge in [0.1, 0.15) is 0 Å². The number of aryl methyl sites for hydroxylation is 1. The molecule has 1 aromatic carbocycles. The maximum Gasteiger partial charge on any atom is 0.233 e. The number of nitrogens with one attached hydrogen (secondary N) is 2. The average Bonchev–Trinajstić information content (AvgIpc) is 2.43. The summed E-state index contributed by atoms with van der Waals surface area (Å²) in [6, 6.07) is 8.84. The van der Waals surface area contributed by atoms with Crippen molar-refractivity contribution in [2.45, 2.75) is 46.1 Å². The third-order valence-corrected chi connectivity index (χ3v) is 4.23. The molecular formula is C17H26N2O. The SMILES string of the molecule is CCCNC(=O)CNC1c2ccccc2CCC1(C)C. The molecule has 1 aliphatic carbocycles. The number of carbonyl (C=O) groups excluding carboxylic acids is 1. The summed E-state index contributed by atoms with van der Waals surface area (Å²) in [6.45, 7) is 7.77. The van der Waals surface area contributed by atoms with Gasteiger partial charge in [-0.3, -0.25) is 4.79 Å². The van der Waals surface area contributed by atoms with Crippen molar-refractivity contribution in [2.24, 2.45) is 5.41 Å². The second-order valence-electron chi connectivity index (χ2n) is 6.35. The van der Waals surface area contributed by atoms with Gasteiger partial charge in [0, 0.05) is 12.6 Å². The Balaban J connectivity index is 2.06. The van der Waals surface area contributed by atoms with E-state index < -0.39 is 0 Å². The highest BCUT2D eigenvalue weighted by molar-refractivity contribution is 5.78. The Morgan fingerprint density at radius 2 is 2.10 bits per heavy atom. The van der Waals surface area contributed by atoms with Crippen LogP contribution in [0.3, 0.4) is 0 Å². The van der Waals surface area contributed by atoms with Gasteiger partial charge in [-0.2, -0.15) is 0 Å². The van der Waals surface area contributed by atoms with E-state index in [0.717, 1.165) is 25.8 Å². The van der Waals surface area contributed by atoms with E-state index >= 15 is 0 Å². The molecule has 3 heteroatoms. The summed E-state index contributed by atoms with van der Waals surface area (Å²) < 4.78 is 0. The molecular weight excluding hydrogens is 248 g/mol. The van der Waals surface area contributed by atoms with Crippen molar-refractivity contribution in [3.63, 3.8) is 0 Å². The quantitative estimate of drug-likeness (QED) is 0.867. The van der Waals surface area contributed by atoms with Crippen molar-refractivity contribution < 1.29 is 4.79 Å². The fraction of sp³-hybridized carbons (Fsp3) is 0.588. The number of hydrogen-bond donors (Lipinski definition) is 2. The second-order valence-corrected chi connectivity index (χ2v) is 6.35. The van der Waals surface area contributed by atoms with Gasteiger partial charge >= 0.3 is 0 Å². The van der Waals surface area contributed by atoms with Crippen LogP contribution in [0.25, 0.3) is 0 Å². The molecule has 0 fully saturated rings. The van der Waals surface area contributed by atoms with Crippen LogP contribution in [0.2, 0.25) is 0 Å². The van der Waals surface area contributed by atoms with Crippen LogP contribution in [-0.4, -0.2) is 19.0 Å². The zero-order valence-corrected chi connectivity index (χ0v) is 12.8. The van der Waals surface area contributed by atoms with Crippen LogP contribution in [0.15, 0.2) is 24.3 Å². The lowest BCUT2D eigenvalue weighted by atomic mass is 9.70. The fourth-order valence-electron chi connectivity index (χ4n) is 2.97. The predicted molar refractivity (Wildman–Crippen MR) is 82.6 cm³/mol. The highest BCUT2D eigenvalue weighted by atomic mass is 16.1. The largest absolute Gasteiger partial charge is 0.355 e. The van der Waals surface area contributed by atoms with E-state index in [2.05, 4.69) is 55.7 Å². The Hall–Kier alpha value is -1.35. The van der Waals surface area contributed by atoms with Gasteiger partial charge in [0.25, 0.3) is 0 Å². The van der Waals surface area contributed by atoms with E-state index in [1.165, 1.54) is 11.1 Å². The van der Waals surface area contributed by atoms with Gasteiger partial charge in [-0.1, -0.05) is 45.0 Å². The highest BCUT2D eigenvalue weighted by Crippen LogP contribution is 2.43. The van der Waals surface area contributed by atoms with Crippen molar-refractivity contribution in [3.05, 3.63) is 35.4 Å². The van der Waals surface area contributed by atoms with Crippen LogP contribution < -0.4 is 10.6 Å². The van der Waals surface area contributed by atoms with Gasteiger partial charge in [0.2, 0.25) is 5.91 Å². The van der Waals surface area contributed by atoms with Crippen LogP contribution in [0.1, 0.15) is 50.8 Å². The second kappa shape index (κ2) is 6.40. The fourth-order valence-corrected chi connectivity index (χ4v) is 2.97. The van der Waals surface area contributed by atoms with Crippen molar-refractivity contribution in [1.82, 2.24) is 10.6 Å². The monoisotopic (exact) mass is 274 g/mol. The molecule has 1 amide bonds. The summed E-state index contributed by atoms with van der Waals surface area (Å²) in [7, 11) is 0. The van der Waals surface area contributed by atoms with Crippen molar-refractivity contribution in [1.29, 1.82) is 0 Å². The number of fused-ring (bicyclic) bond motifs is 1. The van der Waals surface area contributed by atoms with Gasteiger partial charge in [-0.05, 0) is 35.8 Å². The summed E-state index contributed by atoms with van der Waals surface area (Å²) in [5.74, 6) is 0.0886. The van der Waals surface area contributed by atoms with Crippen molar-refractivity contribution in [2.75, 3.05) is 13.1 Å². The molecule has 110 valence electrons. The molecule has 1 aliphatic rings. The van der Waals surface area contributed by atoms with E-state index in [1.54, 1.807) is 0 Å². The third kappa shape index (κ3) is 3.40. The number of hydrogen-bond acceptors (Lipinski definition) is 2.